The highest BCUT2D eigenvalue weighted by Crippen LogP contribution is 2.34. The summed E-state index contributed by atoms with van der Waals surface area (Å²) in [5.41, 5.74) is 1.15. The lowest BCUT2D eigenvalue weighted by Gasteiger charge is -2.26. The first-order valence-electron chi connectivity index (χ1n) is 5.52. The van der Waals surface area contributed by atoms with Crippen molar-refractivity contribution in [3.8, 4) is 11.5 Å². The fourth-order valence-corrected chi connectivity index (χ4v) is 2.06. The Morgan fingerprint density at radius 2 is 2.00 bits per heavy atom. The highest BCUT2D eigenvalue weighted by Gasteiger charge is 2.20. The maximum atomic E-state index is 5.43. The van der Waals surface area contributed by atoms with Gasteiger partial charge >= 0.3 is 0 Å². The van der Waals surface area contributed by atoms with Crippen LogP contribution in [0.4, 0.5) is 0 Å². The molecule has 0 bridgehead atoms. The van der Waals surface area contributed by atoms with Crippen LogP contribution in [-0.4, -0.2) is 33.9 Å². The summed E-state index contributed by atoms with van der Waals surface area (Å²) in [4.78, 5) is 0. The summed E-state index contributed by atoms with van der Waals surface area (Å²) in [6, 6.07) is 6.27. The molecule has 1 fully saturated rings. The maximum Gasteiger partial charge on any atom is 0.165 e. The monoisotopic (exact) mass is 258 g/mol. The zero-order valence-electron chi connectivity index (χ0n) is 10.2. The normalized spacial score (nSPS) is 19.3. The van der Waals surface area contributed by atoms with Crippen LogP contribution in [0.5, 0.6) is 11.5 Å². The SMILES string of the molecule is COc1cccc([C@H]2CNCCN2)c1OC.Cl. The highest BCUT2D eigenvalue weighted by atomic mass is 35.5. The molecule has 5 heteroatoms. The van der Waals surface area contributed by atoms with E-state index in [0.29, 0.717) is 6.04 Å². The van der Waals surface area contributed by atoms with E-state index < -0.39 is 0 Å². The molecule has 0 unspecified atom stereocenters. The van der Waals surface area contributed by atoms with Gasteiger partial charge in [-0.3, -0.25) is 0 Å². The Hall–Kier alpha value is -0.970. The first-order chi connectivity index (χ1) is 7.86. The lowest BCUT2D eigenvalue weighted by Crippen LogP contribution is -2.42. The highest BCUT2D eigenvalue weighted by molar-refractivity contribution is 5.85. The topological polar surface area (TPSA) is 42.5 Å². The molecule has 1 atom stereocenters. The van der Waals surface area contributed by atoms with Crippen molar-refractivity contribution in [3.05, 3.63) is 23.8 Å². The molecule has 96 valence electrons. The molecule has 0 amide bonds. The van der Waals surface area contributed by atoms with Crippen LogP contribution in [0.25, 0.3) is 0 Å². The van der Waals surface area contributed by atoms with E-state index in [9.17, 15) is 0 Å². The number of halogens is 1. The Morgan fingerprint density at radius 1 is 1.18 bits per heavy atom. The second-order valence-electron chi connectivity index (χ2n) is 3.79. The summed E-state index contributed by atoms with van der Waals surface area (Å²) in [6.45, 7) is 2.91. The third-order valence-corrected chi connectivity index (χ3v) is 2.85. The molecule has 0 radical (unpaired) electrons. The third-order valence-electron chi connectivity index (χ3n) is 2.85. The lowest BCUT2D eigenvalue weighted by atomic mass is 10.0. The van der Waals surface area contributed by atoms with E-state index in [1.807, 2.05) is 12.1 Å². The number of para-hydroxylation sites is 1. The molecule has 0 aliphatic carbocycles. The lowest BCUT2D eigenvalue weighted by molar-refractivity contribution is 0.341. The van der Waals surface area contributed by atoms with Crippen molar-refractivity contribution in [1.82, 2.24) is 10.6 Å². The van der Waals surface area contributed by atoms with Gasteiger partial charge in [-0.15, -0.1) is 12.4 Å². The molecule has 0 spiro atoms. The van der Waals surface area contributed by atoms with Crippen LogP contribution in [-0.2, 0) is 0 Å². The number of benzene rings is 1. The quantitative estimate of drug-likeness (QED) is 0.859. The number of ether oxygens (including phenoxy) is 2. The zero-order valence-corrected chi connectivity index (χ0v) is 11.0. The molecule has 1 aromatic rings. The summed E-state index contributed by atoms with van der Waals surface area (Å²) in [5.74, 6) is 1.61. The molecule has 0 saturated carbocycles. The van der Waals surface area contributed by atoms with Crippen LogP contribution in [0.3, 0.4) is 0 Å². The maximum absolute atomic E-state index is 5.43. The van der Waals surface area contributed by atoms with Gasteiger partial charge in [0.15, 0.2) is 11.5 Å². The summed E-state index contributed by atoms with van der Waals surface area (Å²) < 4.78 is 10.7. The zero-order chi connectivity index (χ0) is 11.4. The van der Waals surface area contributed by atoms with E-state index >= 15 is 0 Å². The van der Waals surface area contributed by atoms with E-state index in [1.54, 1.807) is 14.2 Å². The minimum Gasteiger partial charge on any atom is -0.493 e. The predicted molar refractivity (Wildman–Crippen MR) is 70.4 cm³/mol. The second kappa shape index (κ2) is 6.69. The predicted octanol–water partition coefficient (Wildman–Crippen LogP) is 1.36. The van der Waals surface area contributed by atoms with Crippen molar-refractivity contribution in [2.75, 3.05) is 33.9 Å². The smallest absolute Gasteiger partial charge is 0.165 e. The van der Waals surface area contributed by atoms with Crippen molar-refractivity contribution in [3.63, 3.8) is 0 Å². The first kappa shape index (κ1) is 14.1. The molecule has 1 saturated heterocycles. The Morgan fingerprint density at radius 3 is 2.59 bits per heavy atom. The molecule has 2 N–H and O–H groups in total. The van der Waals surface area contributed by atoms with Crippen molar-refractivity contribution in [1.29, 1.82) is 0 Å². The molecule has 1 aliphatic heterocycles. The molecule has 17 heavy (non-hydrogen) atoms. The van der Waals surface area contributed by atoms with Gasteiger partial charge in [-0.05, 0) is 6.07 Å². The van der Waals surface area contributed by atoms with Crippen molar-refractivity contribution in [2.45, 2.75) is 6.04 Å². The van der Waals surface area contributed by atoms with Gasteiger partial charge in [0.2, 0.25) is 0 Å². The first-order valence-corrected chi connectivity index (χ1v) is 5.52. The molecule has 0 aromatic heterocycles. The minimum absolute atomic E-state index is 0. The number of methoxy groups -OCH3 is 2. The number of hydrogen-bond donors (Lipinski definition) is 2. The summed E-state index contributed by atoms with van der Waals surface area (Å²) in [7, 11) is 3.34. The minimum atomic E-state index is 0. The van der Waals surface area contributed by atoms with E-state index in [0.717, 1.165) is 36.7 Å². The van der Waals surface area contributed by atoms with E-state index in [-0.39, 0.29) is 12.4 Å². The Kier molecular flexibility index (Phi) is 5.55. The Balaban J connectivity index is 0.00000144. The van der Waals surface area contributed by atoms with E-state index in [4.69, 9.17) is 9.47 Å². The molecule has 1 heterocycles. The summed E-state index contributed by atoms with van der Waals surface area (Å²) in [5, 5.41) is 6.83. The average Bonchev–Trinajstić information content (AvgIpc) is 2.38. The van der Waals surface area contributed by atoms with Gasteiger partial charge in [-0.1, -0.05) is 12.1 Å². The molecular formula is C12H19ClN2O2. The standard InChI is InChI=1S/C12H18N2O2.ClH/c1-15-11-5-3-4-9(12(11)16-2)10-8-13-6-7-14-10;/h3-5,10,13-14H,6-8H2,1-2H3;1H/t10-;/m1./s1. The average molecular weight is 259 g/mol. The Bertz CT molecular complexity index is 354. The van der Waals surface area contributed by atoms with Gasteiger partial charge < -0.3 is 20.1 Å². The number of rotatable bonds is 3. The van der Waals surface area contributed by atoms with Gasteiger partial charge in [-0.2, -0.15) is 0 Å². The second-order valence-corrected chi connectivity index (χ2v) is 3.79. The van der Waals surface area contributed by atoms with E-state index in [2.05, 4.69) is 16.7 Å². The number of hydrogen-bond acceptors (Lipinski definition) is 4. The van der Waals surface area contributed by atoms with Crippen molar-refractivity contribution in [2.24, 2.45) is 0 Å². The van der Waals surface area contributed by atoms with Crippen LogP contribution >= 0.6 is 12.4 Å². The molecule has 2 rings (SSSR count). The fourth-order valence-electron chi connectivity index (χ4n) is 2.06. The van der Waals surface area contributed by atoms with Crippen LogP contribution in [0.2, 0.25) is 0 Å². The van der Waals surface area contributed by atoms with Crippen LogP contribution < -0.4 is 20.1 Å². The summed E-state index contributed by atoms with van der Waals surface area (Å²) >= 11 is 0. The van der Waals surface area contributed by atoms with Gasteiger partial charge in [0, 0.05) is 31.2 Å². The van der Waals surface area contributed by atoms with Crippen LogP contribution in [0, 0.1) is 0 Å². The van der Waals surface area contributed by atoms with E-state index in [1.165, 1.54) is 0 Å². The van der Waals surface area contributed by atoms with Gasteiger partial charge in [-0.25, -0.2) is 0 Å². The Labute approximate surface area is 108 Å². The van der Waals surface area contributed by atoms with Gasteiger partial charge in [0.25, 0.3) is 0 Å². The van der Waals surface area contributed by atoms with Gasteiger partial charge in [0.05, 0.1) is 14.2 Å². The number of piperazine rings is 1. The van der Waals surface area contributed by atoms with Crippen LogP contribution in [0.15, 0.2) is 18.2 Å². The van der Waals surface area contributed by atoms with Gasteiger partial charge in [0.1, 0.15) is 0 Å². The molecular weight excluding hydrogens is 240 g/mol. The van der Waals surface area contributed by atoms with Crippen molar-refractivity contribution >= 4 is 12.4 Å². The fraction of sp³-hybridized carbons (Fsp3) is 0.500. The number of nitrogens with one attached hydrogen (secondary N) is 2. The largest absolute Gasteiger partial charge is 0.493 e. The van der Waals surface area contributed by atoms with Crippen molar-refractivity contribution < 1.29 is 9.47 Å². The summed E-state index contributed by atoms with van der Waals surface area (Å²) in [6.07, 6.45) is 0. The third kappa shape index (κ3) is 3.03. The molecule has 4 nitrogen and oxygen atoms in total. The van der Waals surface area contributed by atoms with Crippen LogP contribution in [0.1, 0.15) is 11.6 Å². The molecule has 1 aliphatic rings. The molecule has 1 aromatic carbocycles.